The van der Waals surface area contributed by atoms with Crippen LogP contribution in [0.25, 0.3) is 0 Å². The third-order valence-electron chi connectivity index (χ3n) is 3.42. The summed E-state index contributed by atoms with van der Waals surface area (Å²) in [7, 11) is 1.30. The van der Waals surface area contributed by atoms with Crippen molar-refractivity contribution in [1.82, 2.24) is 5.32 Å². The Labute approximate surface area is 130 Å². The van der Waals surface area contributed by atoms with Crippen LogP contribution in [0.15, 0.2) is 20.0 Å². The Morgan fingerprint density at radius 2 is 2.05 bits per heavy atom. The van der Waals surface area contributed by atoms with Gasteiger partial charge in [0.15, 0.2) is 10.4 Å². The molecule has 1 aliphatic rings. The molecule has 0 unspecified atom stereocenters. The first kappa shape index (κ1) is 15.9. The molecule has 0 bridgehead atoms. The summed E-state index contributed by atoms with van der Waals surface area (Å²) in [6.07, 6.45) is 5.88. The van der Waals surface area contributed by atoms with Gasteiger partial charge < -0.3 is 9.73 Å². The van der Waals surface area contributed by atoms with Crippen molar-refractivity contribution in [2.45, 2.75) is 37.0 Å². The molecule has 0 aliphatic heterocycles. The van der Waals surface area contributed by atoms with Gasteiger partial charge in [0.05, 0.1) is 0 Å². The van der Waals surface area contributed by atoms with Crippen molar-refractivity contribution in [3.05, 3.63) is 16.5 Å². The van der Waals surface area contributed by atoms with Gasteiger partial charge in [-0.05, 0) is 34.7 Å². The van der Waals surface area contributed by atoms with E-state index in [4.69, 9.17) is 15.1 Å². The molecule has 20 heavy (non-hydrogen) atoms. The summed E-state index contributed by atoms with van der Waals surface area (Å²) in [4.78, 5) is 11.7. The largest absolute Gasteiger partial charge is 0.443 e. The molecule has 1 aliphatic carbocycles. The van der Waals surface area contributed by atoms with E-state index < -0.39 is 15.0 Å². The lowest BCUT2D eigenvalue weighted by molar-refractivity contribution is 0.0914. The van der Waals surface area contributed by atoms with Crippen LogP contribution in [0.1, 0.15) is 42.7 Å². The molecule has 1 fully saturated rings. The predicted molar refractivity (Wildman–Crippen MR) is 78.4 cm³/mol. The number of nitrogens with one attached hydrogen (secondary N) is 1. The predicted octanol–water partition coefficient (Wildman–Crippen LogP) is 3.28. The van der Waals surface area contributed by atoms with Crippen molar-refractivity contribution in [1.29, 1.82) is 0 Å². The second-order valence-corrected chi connectivity index (χ2v) is 8.16. The molecule has 0 spiro atoms. The molecule has 1 saturated carbocycles. The van der Waals surface area contributed by atoms with E-state index in [2.05, 4.69) is 21.2 Å². The van der Waals surface area contributed by atoms with Crippen LogP contribution in [0.4, 0.5) is 0 Å². The molecule has 0 atom stereocenters. The summed E-state index contributed by atoms with van der Waals surface area (Å²) >= 11 is 2.94. The fraction of sp³-hybridized carbons (Fsp3) is 0.583. The Morgan fingerprint density at radius 1 is 1.40 bits per heavy atom. The lowest BCUT2D eigenvalue weighted by Crippen LogP contribution is -2.29. The van der Waals surface area contributed by atoms with Crippen molar-refractivity contribution < 1.29 is 17.6 Å². The van der Waals surface area contributed by atoms with Crippen molar-refractivity contribution >= 4 is 41.6 Å². The Balaban J connectivity index is 1.99. The average molecular weight is 385 g/mol. The number of hydrogen-bond donors (Lipinski definition) is 1. The summed E-state index contributed by atoms with van der Waals surface area (Å²) < 4.78 is 27.5. The number of hydrogen-bond acceptors (Lipinski definition) is 4. The molecule has 1 amide bonds. The molecule has 2 rings (SSSR count). The zero-order chi connectivity index (χ0) is 14.8. The lowest BCUT2D eigenvalue weighted by atomic mass is 9.89. The van der Waals surface area contributed by atoms with Gasteiger partial charge in [-0.25, -0.2) is 8.42 Å². The van der Waals surface area contributed by atoms with Gasteiger partial charge in [-0.3, -0.25) is 4.79 Å². The van der Waals surface area contributed by atoms with Gasteiger partial charge in [-0.15, -0.1) is 0 Å². The highest BCUT2D eigenvalue weighted by molar-refractivity contribution is 9.10. The third-order valence-corrected chi connectivity index (χ3v) is 5.60. The Morgan fingerprint density at radius 3 is 2.60 bits per heavy atom. The molecule has 112 valence electrons. The van der Waals surface area contributed by atoms with Gasteiger partial charge in [-0.2, -0.15) is 0 Å². The van der Waals surface area contributed by atoms with Crippen LogP contribution in [0.3, 0.4) is 0 Å². The second kappa shape index (κ2) is 6.49. The quantitative estimate of drug-likeness (QED) is 0.808. The van der Waals surface area contributed by atoms with Crippen LogP contribution in [0.2, 0.25) is 0 Å². The molecular formula is C12H15BrClNO4S. The van der Waals surface area contributed by atoms with Crippen molar-refractivity contribution in [2.24, 2.45) is 5.92 Å². The van der Waals surface area contributed by atoms with Gasteiger partial charge in [0.25, 0.3) is 15.0 Å². The maximum atomic E-state index is 11.9. The summed E-state index contributed by atoms with van der Waals surface area (Å²) in [5.41, 5.74) is 0. The first-order valence-electron chi connectivity index (χ1n) is 6.40. The van der Waals surface area contributed by atoms with Crippen LogP contribution in [-0.4, -0.2) is 20.9 Å². The van der Waals surface area contributed by atoms with E-state index >= 15 is 0 Å². The lowest BCUT2D eigenvalue weighted by Gasteiger charge is -2.21. The second-order valence-electron chi connectivity index (χ2n) is 4.90. The Hall–Kier alpha value is -0.530. The zero-order valence-electron chi connectivity index (χ0n) is 10.7. The topological polar surface area (TPSA) is 76.4 Å². The standard InChI is InChI=1S/C12H15BrClNO4S/c13-11-10(20(14,17)18)6-9(19-11)12(16)15-7-8-4-2-1-3-5-8/h6,8H,1-5,7H2,(H,15,16). The summed E-state index contributed by atoms with van der Waals surface area (Å²) in [6, 6.07) is 1.13. The zero-order valence-corrected chi connectivity index (χ0v) is 13.9. The van der Waals surface area contributed by atoms with Crippen LogP contribution in [-0.2, 0) is 9.05 Å². The minimum atomic E-state index is -3.93. The van der Waals surface area contributed by atoms with Gasteiger partial charge in [0, 0.05) is 23.3 Å². The van der Waals surface area contributed by atoms with Crippen LogP contribution >= 0.6 is 26.6 Å². The molecule has 5 nitrogen and oxygen atoms in total. The Bertz CT molecular complexity index is 593. The highest BCUT2D eigenvalue weighted by Crippen LogP contribution is 2.29. The van der Waals surface area contributed by atoms with Gasteiger partial charge in [0.1, 0.15) is 4.90 Å². The SMILES string of the molecule is O=C(NCC1CCCCC1)c1cc(S(=O)(=O)Cl)c(Br)o1. The van der Waals surface area contributed by atoms with Crippen LogP contribution < -0.4 is 5.32 Å². The number of rotatable bonds is 4. The normalized spacial score (nSPS) is 17.1. The van der Waals surface area contributed by atoms with Gasteiger partial charge in [-0.1, -0.05) is 19.3 Å². The molecule has 0 radical (unpaired) electrons. The average Bonchev–Trinajstić information content (AvgIpc) is 2.79. The molecule has 1 aromatic rings. The fourth-order valence-electron chi connectivity index (χ4n) is 2.35. The molecule has 1 heterocycles. The van der Waals surface area contributed by atoms with Crippen molar-refractivity contribution in [3.8, 4) is 0 Å². The highest BCUT2D eigenvalue weighted by Gasteiger charge is 2.23. The van der Waals surface area contributed by atoms with E-state index in [1.165, 1.54) is 19.3 Å². The molecule has 0 saturated heterocycles. The van der Waals surface area contributed by atoms with E-state index in [9.17, 15) is 13.2 Å². The van der Waals surface area contributed by atoms with Gasteiger partial charge >= 0.3 is 0 Å². The van der Waals surface area contributed by atoms with E-state index in [-0.39, 0.29) is 15.3 Å². The van der Waals surface area contributed by atoms with E-state index in [0.29, 0.717) is 12.5 Å². The molecule has 0 aromatic carbocycles. The maximum absolute atomic E-state index is 11.9. The van der Waals surface area contributed by atoms with E-state index in [0.717, 1.165) is 18.9 Å². The van der Waals surface area contributed by atoms with Crippen molar-refractivity contribution in [2.75, 3.05) is 6.54 Å². The molecule has 1 N–H and O–H groups in total. The number of halogens is 2. The third kappa shape index (κ3) is 3.99. The highest BCUT2D eigenvalue weighted by atomic mass is 79.9. The molecular weight excluding hydrogens is 370 g/mol. The maximum Gasteiger partial charge on any atom is 0.287 e. The first-order valence-corrected chi connectivity index (χ1v) is 9.50. The number of carbonyl (C=O) groups is 1. The molecule has 8 heteroatoms. The van der Waals surface area contributed by atoms with Crippen LogP contribution in [0.5, 0.6) is 0 Å². The minimum absolute atomic E-state index is 0.0599. The van der Waals surface area contributed by atoms with E-state index in [1.807, 2.05) is 0 Å². The smallest absolute Gasteiger partial charge is 0.287 e. The van der Waals surface area contributed by atoms with E-state index in [1.54, 1.807) is 0 Å². The number of carbonyl (C=O) groups excluding carboxylic acids is 1. The van der Waals surface area contributed by atoms with Crippen LogP contribution in [0, 0.1) is 5.92 Å². The summed E-state index contributed by atoms with van der Waals surface area (Å²) in [5, 5.41) is 2.77. The minimum Gasteiger partial charge on any atom is -0.443 e. The fourth-order valence-corrected chi connectivity index (χ4v) is 4.38. The summed E-state index contributed by atoms with van der Waals surface area (Å²) in [6.45, 7) is 0.583. The molecule has 1 aromatic heterocycles. The monoisotopic (exact) mass is 383 g/mol. The number of amides is 1. The Kier molecular flexibility index (Phi) is 5.14. The first-order chi connectivity index (χ1) is 9.38. The van der Waals surface area contributed by atoms with Crippen molar-refractivity contribution in [3.63, 3.8) is 0 Å². The van der Waals surface area contributed by atoms with Gasteiger partial charge in [0.2, 0.25) is 0 Å². The number of furan rings is 1. The summed E-state index contributed by atoms with van der Waals surface area (Å²) in [5.74, 6) is -0.00270.